The summed E-state index contributed by atoms with van der Waals surface area (Å²) < 4.78 is 1.45. The lowest BCUT2D eigenvalue weighted by molar-refractivity contribution is -0.122. The zero-order valence-corrected chi connectivity index (χ0v) is 10.8. The first-order valence-corrected chi connectivity index (χ1v) is 6.55. The molecule has 100 valence electrons. The number of hydrogen-bond donors (Lipinski definition) is 2. The van der Waals surface area contributed by atoms with Crippen LogP contribution in [0.1, 0.15) is 32.6 Å². The van der Waals surface area contributed by atoms with E-state index < -0.39 is 0 Å². The highest BCUT2D eigenvalue weighted by Crippen LogP contribution is 2.27. The van der Waals surface area contributed by atoms with Crippen molar-refractivity contribution < 1.29 is 4.79 Å². The molecule has 1 aliphatic rings. The van der Waals surface area contributed by atoms with E-state index in [2.05, 4.69) is 22.3 Å². The minimum Gasteiger partial charge on any atom is -0.367 e. The third kappa shape index (κ3) is 3.72. The second-order valence-corrected chi connectivity index (χ2v) is 5.24. The molecule has 1 heterocycles. The second kappa shape index (κ2) is 5.84. The Bertz CT molecular complexity index is 403. The van der Waals surface area contributed by atoms with Gasteiger partial charge in [-0.1, -0.05) is 19.8 Å². The van der Waals surface area contributed by atoms with Gasteiger partial charge in [-0.25, -0.2) is 9.67 Å². The van der Waals surface area contributed by atoms with Gasteiger partial charge in [0.05, 0.1) is 0 Å². The van der Waals surface area contributed by atoms with Crippen molar-refractivity contribution >= 4 is 11.9 Å². The molecule has 3 N–H and O–H groups in total. The van der Waals surface area contributed by atoms with Crippen LogP contribution in [0.25, 0.3) is 0 Å². The molecule has 1 fully saturated rings. The van der Waals surface area contributed by atoms with Gasteiger partial charge >= 0.3 is 0 Å². The third-order valence-electron chi connectivity index (χ3n) is 3.49. The third-order valence-corrected chi connectivity index (χ3v) is 3.49. The Labute approximate surface area is 107 Å². The number of aromatic nitrogens is 3. The van der Waals surface area contributed by atoms with Crippen LogP contribution in [0.3, 0.4) is 0 Å². The number of hydrogen-bond acceptors (Lipinski definition) is 4. The van der Waals surface area contributed by atoms with Crippen LogP contribution in [0, 0.1) is 11.8 Å². The Kier molecular flexibility index (Phi) is 4.17. The first kappa shape index (κ1) is 12.9. The molecule has 0 radical (unpaired) electrons. The molecule has 1 aromatic rings. The van der Waals surface area contributed by atoms with E-state index in [1.165, 1.54) is 36.7 Å². The topological polar surface area (TPSA) is 85.8 Å². The van der Waals surface area contributed by atoms with Gasteiger partial charge < -0.3 is 11.1 Å². The molecule has 1 aliphatic carbocycles. The molecule has 2 atom stereocenters. The summed E-state index contributed by atoms with van der Waals surface area (Å²) in [5.74, 6) is 1.58. The van der Waals surface area contributed by atoms with Crippen molar-refractivity contribution in [3.8, 4) is 0 Å². The largest absolute Gasteiger partial charge is 0.367 e. The molecule has 0 bridgehead atoms. The molecular weight excluding hydrogens is 230 g/mol. The zero-order valence-electron chi connectivity index (χ0n) is 10.8. The number of nitrogens with two attached hydrogens (primary N) is 1. The Morgan fingerprint density at radius 3 is 3.11 bits per heavy atom. The average molecular weight is 251 g/mol. The first-order valence-electron chi connectivity index (χ1n) is 6.55. The Morgan fingerprint density at radius 1 is 1.61 bits per heavy atom. The van der Waals surface area contributed by atoms with Crippen LogP contribution in [0.2, 0.25) is 0 Å². The molecule has 6 nitrogen and oxygen atoms in total. The van der Waals surface area contributed by atoms with Crippen molar-refractivity contribution in [2.75, 3.05) is 12.3 Å². The van der Waals surface area contributed by atoms with Crippen LogP contribution < -0.4 is 11.1 Å². The van der Waals surface area contributed by atoms with Gasteiger partial charge in [-0.05, 0) is 24.7 Å². The lowest BCUT2D eigenvalue weighted by Crippen LogP contribution is -2.33. The lowest BCUT2D eigenvalue weighted by atomic mass is 9.82. The first-order chi connectivity index (χ1) is 8.63. The highest BCUT2D eigenvalue weighted by Gasteiger charge is 2.19. The van der Waals surface area contributed by atoms with Crippen molar-refractivity contribution in [1.29, 1.82) is 0 Å². The van der Waals surface area contributed by atoms with Gasteiger partial charge in [0.1, 0.15) is 12.9 Å². The summed E-state index contributed by atoms with van der Waals surface area (Å²) in [5, 5.41) is 6.84. The van der Waals surface area contributed by atoms with Gasteiger partial charge in [0.15, 0.2) is 0 Å². The lowest BCUT2D eigenvalue weighted by Gasteiger charge is -2.26. The fourth-order valence-corrected chi connectivity index (χ4v) is 2.59. The second-order valence-electron chi connectivity index (χ2n) is 5.24. The number of carbonyl (C=O) groups excluding carboxylic acids is 1. The highest BCUT2D eigenvalue weighted by molar-refractivity contribution is 5.75. The molecule has 6 heteroatoms. The number of carbonyl (C=O) groups is 1. The number of rotatable bonds is 4. The monoisotopic (exact) mass is 251 g/mol. The number of amides is 1. The minimum atomic E-state index is -0.0295. The molecule has 1 amide bonds. The smallest absolute Gasteiger partial charge is 0.241 e. The predicted molar refractivity (Wildman–Crippen MR) is 68.6 cm³/mol. The molecule has 0 saturated heterocycles. The number of nitrogen functional groups attached to an aromatic ring is 1. The number of nitrogens with zero attached hydrogens (tertiary/aromatic N) is 3. The maximum Gasteiger partial charge on any atom is 0.241 e. The molecule has 0 aromatic carbocycles. The van der Waals surface area contributed by atoms with Gasteiger partial charge in [0, 0.05) is 6.54 Å². The van der Waals surface area contributed by atoms with Gasteiger partial charge in [0.2, 0.25) is 11.9 Å². The summed E-state index contributed by atoms with van der Waals surface area (Å²) in [6.45, 7) is 3.24. The molecule has 1 saturated carbocycles. The summed E-state index contributed by atoms with van der Waals surface area (Å²) in [5.41, 5.74) is 5.39. The SMILES string of the molecule is CC1CCCC(CNC(=O)Cn2cnc(N)n2)C1. The summed E-state index contributed by atoms with van der Waals surface area (Å²) in [6, 6.07) is 0. The van der Waals surface area contributed by atoms with E-state index in [0.717, 1.165) is 12.5 Å². The van der Waals surface area contributed by atoms with E-state index in [4.69, 9.17) is 5.73 Å². The number of anilines is 1. The van der Waals surface area contributed by atoms with E-state index in [0.29, 0.717) is 5.92 Å². The normalized spacial score (nSPS) is 23.8. The molecule has 2 rings (SSSR count). The maximum atomic E-state index is 11.7. The van der Waals surface area contributed by atoms with Crippen LogP contribution in [0.15, 0.2) is 6.33 Å². The van der Waals surface area contributed by atoms with Crippen molar-refractivity contribution in [3.05, 3.63) is 6.33 Å². The van der Waals surface area contributed by atoms with Gasteiger partial charge in [-0.2, -0.15) is 0 Å². The van der Waals surface area contributed by atoms with Crippen molar-refractivity contribution in [1.82, 2.24) is 20.1 Å². The standard InChI is InChI=1S/C12H21N5O/c1-9-3-2-4-10(5-9)6-14-11(18)7-17-8-15-12(13)16-17/h8-10H,2-7H2,1H3,(H2,13,16)(H,14,18). The summed E-state index contributed by atoms with van der Waals surface area (Å²) in [6.07, 6.45) is 6.51. The molecule has 0 spiro atoms. The Balaban J connectivity index is 1.71. The molecule has 18 heavy (non-hydrogen) atoms. The number of nitrogens with one attached hydrogen (secondary N) is 1. The Morgan fingerprint density at radius 2 is 2.44 bits per heavy atom. The van der Waals surface area contributed by atoms with Crippen LogP contribution >= 0.6 is 0 Å². The summed E-state index contributed by atoms with van der Waals surface area (Å²) in [4.78, 5) is 15.5. The van der Waals surface area contributed by atoms with E-state index in [9.17, 15) is 4.79 Å². The fraction of sp³-hybridized carbons (Fsp3) is 0.750. The van der Waals surface area contributed by atoms with Gasteiger partial charge in [-0.15, -0.1) is 5.10 Å². The molecular formula is C12H21N5O. The van der Waals surface area contributed by atoms with Gasteiger partial charge in [0.25, 0.3) is 0 Å². The average Bonchev–Trinajstić information content (AvgIpc) is 2.72. The molecule has 1 aromatic heterocycles. The fourth-order valence-electron chi connectivity index (χ4n) is 2.59. The van der Waals surface area contributed by atoms with Crippen molar-refractivity contribution in [2.24, 2.45) is 11.8 Å². The van der Waals surface area contributed by atoms with Gasteiger partial charge in [-0.3, -0.25) is 4.79 Å². The Hall–Kier alpha value is -1.59. The van der Waals surface area contributed by atoms with Crippen LogP contribution in [0.5, 0.6) is 0 Å². The zero-order chi connectivity index (χ0) is 13.0. The van der Waals surface area contributed by atoms with E-state index in [1.54, 1.807) is 0 Å². The predicted octanol–water partition coefficient (Wildman–Crippen LogP) is 0.803. The quantitative estimate of drug-likeness (QED) is 0.829. The highest BCUT2D eigenvalue weighted by atomic mass is 16.2. The van der Waals surface area contributed by atoms with E-state index >= 15 is 0 Å². The van der Waals surface area contributed by atoms with E-state index in [1.807, 2.05) is 0 Å². The minimum absolute atomic E-state index is 0.0295. The van der Waals surface area contributed by atoms with Crippen LogP contribution in [0.4, 0.5) is 5.95 Å². The maximum absolute atomic E-state index is 11.7. The van der Waals surface area contributed by atoms with Crippen molar-refractivity contribution in [3.63, 3.8) is 0 Å². The summed E-state index contributed by atoms with van der Waals surface area (Å²) >= 11 is 0. The van der Waals surface area contributed by atoms with Crippen LogP contribution in [-0.2, 0) is 11.3 Å². The van der Waals surface area contributed by atoms with Crippen molar-refractivity contribution in [2.45, 2.75) is 39.2 Å². The summed E-state index contributed by atoms with van der Waals surface area (Å²) in [7, 11) is 0. The molecule has 2 unspecified atom stereocenters. The van der Waals surface area contributed by atoms with Crippen LogP contribution in [-0.4, -0.2) is 27.2 Å². The molecule has 0 aliphatic heterocycles. The van der Waals surface area contributed by atoms with E-state index in [-0.39, 0.29) is 18.4 Å².